The zero-order valence-electron chi connectivity index (χ0n) is 10.2. The van der Waals surface area contributed by atoms with E-state index in [9.17, 15) is 9.59 Å². The molecule has 0 aromatic carbocycles. The second kappa shape index (κ2) is 4.33. The Labute approximate surface area is 91.8 Å². The van der Waals surface area contributed by atoms with Crippen LogP contribution < -0.4 is 0 Å². The molecule has 0 spiro atoms. The Bertz CT molecular complexity index is 269. The van der Waals surface area contributed by atoms with Crippen molar-refractivity contribution in [3.05, 3.63) is 0 Å². The van der Waals surface area contributed by atoms with E-state index < -0.39 is 0 Å². The largest absolute Gasteiger partial charge is 0.330 e. The first kappa shape index (κ1) is 12.2. The molecule has 0 N–H and O–H groups in total. The quantitative estimate of drug-likeness (QED) is 0.716. The van der Waals surface area contributed by atoms with Crippen molar-refractivity contribution in [1.29, 1.82) is 0 Å². The van der Waals surface area contributed by atoms with Gasteiger partial charge in [0.25, 0.3) is 0 Å². The highest BCUT2D eigenvalue weighted by atomic mass is 16.2. The summed E-state index contributed by atoms with van der Waals surface area (Å²) in [4.78, 5) is 24.9. The molecule has 0 aromatic rings. The third kappa shape index (κ3) is 3.05. The number of Topliss-reactive ketones (excluding diaryl/α,β-unsaturated/α-hetero) is 1. The number of rotatable bonds is 3. The molecule has 1 heterocycles. The van der Waals surface area contributed by atoms with Crippen LogP contribution >= 0.6 is 0 Å². The van der Waals surface area contributed by atoms with Gasteiger partial charge in [0.2, 0.25) is 5.91 Å². The lowest BCUT2D eigenvalue weighted by molar-refractivity contribution is -0.135. The van der Waals surface area contributed by atoms with E-state index >= 15 is 0 Å². The molecule has 0 atom stereocenters. The van der Waals surface area contributed by atoms with Crippen LogP contribution in [0.5, 0.6) is 0 Å². The molecule has 86 valence electrons. The summed E-state index contributed by atoms with van der Waals surface area (Å²) in [5.74, 6) is 0.841. The molecule has 1 saturated heterocycles. The Kier molecular flexibility index (Phi) is 3.53. The van der Waals surface area contributed by atoms with E-state index in [4.69, 9.17) is 0 Å². The lowest BCUT2D eigenvalue weighted by atomic mass is 10.0. The van der Waals surface area contributed by atoms with E-state index in [-0.39, 0.29) is 17.2 Å². The third-order valence-corrected chi connectivity index (χ3v) is 2.93. The molecule has 0 unspecified atom stereocenters. The van der Waals surface area contributed by atoms with Gasteiger partial charge in [0.05, 0.1) is 6.54 Å². The standard InChI is InChI=1S/C12H21NO2/c1-9(2)5-6-11(15)13-8-10(14)7-12(13,3)4/h9H,5-8H2,1-4H3. The molecular weight excluding hydrogens is 190 g/mol. The van der Waals surface area contributed by atoms with Crippen molar-refractivity contribution in [2.45, 2.75) is 52.5 Å². The minimum Gasteiger partial charge on any atom is -0.330 e. The zero-order valence-corrected chi connectivity index (χ0v) is 10.2. The third-order valence-electron chi connectivity index (χ3n) is 2.93. The van der Waals surface area contributed by atoms with Crippen LogP contribution in [0.4, 0.5) is 0 Å². The van der Waals surface area contributed by atoms with Gasteiger partial charge >= 0.3 is 0 Å². The molecule has 1 rings (SSSR count). The smallest absolute Gasteiger partial charge is 0.223 e. The van der Waals surface area contributed by atoms with Crippen molar-refractivity contribution >= 4 is 11.7 Å². The van der Waals surface area contributed by atoms with Gasteiger partial charge in [-0.3, -0.25) is 9.59 Å². The van der Waals surface area contributed by atoms with Crippen LogP contribution in [0.3, 0.4) is 0 Å². The number of hydrogen-bond donors (Lipinski definition) is 0. The maximum atomic E-state index is 11.9. The number of amides is 1. The van der Waals surface area contributed by atoms with Gasteiger partial charge in [-0.15, -0.1) is 0 Å². The van der Waals surface area contributed by atoms with Crippen LogP contribution in [-0.2, 0) is 9.59 Å². The summed E-state index contributed by atoms with van der Waals surface area (Å²) in [5, 5.41) is 0. The SMILES string of the molecule is CC(C)CCC(=O)N1CC(=O)CC1(C)C. The van der Waals surface area contributed by atoms with Gasteiger partial charge in [-0.05, 0) is 26.2 Å². The maximum absolute atomic E-state index is 11.9. The lowest BCUT2D eigenvalue weighted by Crippen LogP contribution is -2.42. The molecule has 1 fully saturated rings. The van der Waals surface area contributed by atoms with Crippen molar-refractivity contribution in [2.24, 2.45) is 5.92 Å². The average molecular weight is 211 g/mol. The number of likely N-dealkylation sites (tertiary alicyclic amines) is 1. The molecule has 0 aromatic heterocycles. The van der Waals surface area contributed by atoms with Crippen molar-refractivity contribution in [1.82, 2.24) is 4.90 Å². The van der Waals surface area contributed by atoms with Gasteiger partial charge in [-0.2, -0.15) is 0 Å². The number of nitrogens with zero attached hydrogens (tertiary/aromatic N) is 1. The maximum Gasteiger partial charge on any atom is 0.223 e. The van der Waals surface area contributed by atoms with Crippen LogP contribution in [-0.4, -0.2) is 28.7 Å². The average Bonchev–Trinajstić information content (AvgIpc) is 2.35. The molecule has 0 bridgehead atoms. The Balaban J connectivity index is 2.56. The normalized spacial score (nSPS) is 20.1. The highest BCUT2D eigenvalue weighted by molar-refractivity contribution is 5.91. The molecule has 0 aliphatic carbocycles. The van der Waals surface area contributed by atoms with Crippen molar-refractivity contribution in [3.8, 4) is 0 Å². The second-order valence-corrected chi connectivity index (χ2v) is 5.44. The Hall–Kier alpha value is -0.860. The van der Waals surface area contributed by atoms with Crippen LogP contribution in [0.1, 0.15) is 47.0 Å². The van der Waals surface area contributed by atoms with E-state index in [1.807, 2.05) is 13.8 Å². The van der Waals surface area contributed by atoms with Gasteiger partial charge in [0.1, 0.15) is 0 Å². The Morgan fingerprint density at radius 1 is 1.47 bits per heavy atom. The summed E-state index contributed by atoms with van der Waals surface area (Å²) in [5.41, 5.74) is -0.273. The first-order valence-electron chi connectivity index (χ1n) is 5.65. The summed E-state index contributed by atoms with van der Waals surface area (Å²) < 4.78 is 0. The number of carbonyl (C=O) groups is 2. The summed E-state index contributed by atoms with van der Waals surface area (Å²) in [6.45, 7) is 8.45. The fraction of sp³-hybridized carbons (Fsp3) is 0.833. The first-order chi connectivity index (χ1) is 6.83. The van der Waals surface area contributed by atoms with Crippen LogP contribution in [0.2, 0.25) is 0 Å². The van der Waals surface area contributed by atoms with Crippen molar-refractivity contribution in [3.63, 3.8) is 0 Å². The fourth-order valence-electron chi connectivity index (χ4n) is 2.00. The molecule has 1 amide bonds. The van der Waals surface area contributed by atoms with Crippen LogP contribution in [0, 0.1) is 5.92 Å². The predicted octanol–water partition coefficient (Wildman–Crippen LogP) is 2.00. The molecule has 0 radical (unpaired) electrons. The van der Waals surface area contributed by atoms with E-state index in [0.29, 0.717) is 25.3 Å². The van der Waals surface area contributed by atoms with Crippen LogP contribution in [0.25, 0.3) is 0 Å². The minimum atomic E-state index is -0.273. The number of carbonyl (C=O) groups excluding carboxylic acids is 2. The van der Waals surface area contributed by atoms with Crippen LogP contribution in [0.15, 0.2) is 0 Å². The molecule has 3 nitrogen and oxygen atoms in total. The molecular formula is C12H21NO2. The van der Waals surface area contributed by atoms with Gasteiger partial charge in [0, 0.05) is 18.4 Å². The Morgan fingerprint density at radius 2 is 2.07 bits per heavy atom. The molecule has 1 aliphatic rings. The minimum absolute atomic E-state index is 0.125. The van der Waals surface area contributed by atoms with Gasteiger partial charge < -0.3 is 4.90 Å². The monoisotopic (exact) mass is 211 g/mol. The molecule has 3 heteroatoms. The zero-order chi connectivity index (χ0) is 11.6. The van der Waals surface area contributed by atoms with Gasteiger partial charge in [0.15, 0.2) is 5.78 Å². The fourth-order valence-corrected chi connectivity index (χ4v) is 2.00. The topological polar surface area (TPSA) is 37.4 Å². The van der Waals surface area contributed by atoms with E-state index in [1.54, 1.807) is 4.90 Å². The van der Waals surface area contributed by atoms with E-state index in [1.165, 1.54) is 0 Å². The first-order valence-corrected chi connectivity index (χ1v) is 5.65. The summed E-state index contributed by atoms with van der Waals surface area (Å²) in [6.07, 6.45) is 1.97. The second-order valence-electron chi connectivity index (χ2n) is 5.44. The van der Waals surface area contributed by atoms with Crippen molar-refractivity contribution in [2.75, 3.05) is 6.54 Å². The summed E-state index contributed by atoms with van der Waals surface area (Å²) in [7, 11) is 0. The molecule has 1 aliphatic heterocycles. The number of ketones is 1. The lowest BCUT2D eigenvalue weighted by Gasteiger charge is -2.30. The highest BCUT2D eigenvalue weighted by Gasteiger charge is 2.39. The van der Waals surface area contributed by atoms with E-state index in [0.717, 1.165) is 6.42 Å². The molecule has 0 saturated carbocycles. The molecule has 15 heavy (non-hydrogen) atoms. The summed E-state index contributed by atoms with van der Waals surface area (Å²) in [6, 6.07) is 0. The Morgan fingerprint density at radius 3 is 2.47 bits per heavy atom. The van der Waals surface area contributed by atoms with E-state index in [2.05, 4.69) is 13.8 Å². The number of hydrogen-bond acceptors (Lipinski definition) is 2. The van der Waals surface area contributed by atoms with Gasteiger partial charge in [-0.25, -0.2) is 0 Å². The predicted molar refractivity (Wildman–Crippen MR) is 59.5 cm³/mol. The van der Waals surface area contributed by atoms with Crippen molar-refractivity contribution < 1.29 is 9.59 Å². The summed E-state index contributed by atoms with van der Waals surface area (Å²) >= 11 is 0. The van der Waals surface area contributed by atoms with Gasteiger partial charge in [-0.1, -0.05) is 13.8 Å². The highest BCUT2D eigenvalue weighted by Crippen LogP contribution is 2.27.